The lowest BCUT2D eigenvalue weighted by Crippen LogP contribution is -2.46. The fourth-order valence-corrected chi connectivity index (χ4v) is 2.85. The standard InChI is InChI=1S/C20H21N3O2/c24-19(7-6-16-4-2-1-3-5-16)23-14-10-18(11-15-23)22-20(25)17-8-12-21-13-9-17/h1-9,12-13,18H,10-11,14-15H2,(H,22,25)/b7-6+. The summed E-state index contributed by atoms with van der Waals surface area (Å²) in [6.45, 7) is 1.30. The Hall–Kier alpha value is -2.95. The molecule has 2 aromatic rings. The molecule has 0 radical (unpaired) electrons. The number of pyridine rings is 1. The van der Waals surface area contributed by atoms with E-state index in [1.54, 1.807) is 30.6 Å². The van der Waals surface area contributed by atoms with Gasteiger partial charge in [0.25, 0.3) is 5.91 Å². The van der Waals surface area contributed by atoms with Gasteiger partial charge in [-0.2, -0.15) is 0 Å². The normalized spacial score (nSPS) is 15.3. The number of likely N-dealkylation sites (tertiary alicyclic amines) is 1. The highest BCUT2D eigenvalue weighted by molar-refractivity contribution is 5.94. The highest BCUT2D eigenvalue weighted by atomic mass is 16.2. The number of hydrogen-bond donors (Lipinski definition) is 1. The first kappa shape index (κ1) is 16.9. The van der Waals surface area contributed by atoms with Crippen molar-refractivity contribution in [1.82, 2.24) is 15.2 Å². The number of rotatable bonds is 4. The van der Waals surface area contributed by atoms with Crippen molar-refractivity contribution in [2.45, 2.75) is 18.9 Å². The van der Waals surface area contributed by atoms with E-state index in [1.807, 2.05) is 41.3 Å². The van der Waals surface area contributed by atoms with Gasteiger partial charge in [-0.25, -0.2) is 0 Å². The molecule has 0 unspecified atom stereocenters. The molecule has 2 heterocycles. The predicted octanol–water partition coefficient (Wildman–Crippen LogP) is 2.52. The lowest BCUT2D eigenvalue weighted by Gasteiger charge is -2.31. The van der Waals surface area contributed by atoms with E-state index < -0.39 is 0 Å². The number of nitrogens with zero attached hydrogens (tertiary/aromatic N) is 2. The molecule has 0 atom stereocenters. The number of aromatic nitrogens is 1. The third kappa shape index (κ3) is 4.76. The Morgan fingerprint density at radius 2 is 1.72 bits per heavy atom. The Balaban J connectivity index is 1.47. The van der Waals surface area contributed by atoms with Crippen molar-refractivity contribution < 1.29 is 9.59 Å². The first-order valence-electron chi connectivity index (χ1n) is 8.45. The van der Waals surface area contributed by atoms with Crippen LogP contribution in [0.15, 0.2) is 60.9 Å². The molecule has 0 bridgehead atoms. The van der Waals surface area contributed by atoms with E-state index in [1.165, 1.54) is 0 Å². The lowest BCUT2D eigenvalue weighted by molar-refractivity contribution is -0.126. The Morgan fingerprint density at radius 3 is 2.40 bits per heavy atom. The maximum absolute atomic E-state index is 12.3. The minimum absolute atomic E-state index is 0.0164. The Labute approximate surface area is 147 Å². The highest BCUT2D eigenvalue weighted by Crippen LogP contribution is 2.12. The lowest BCUT2D eigenvalue weighted by atomic mass is 10.0. The smallest absolute Gasteiger partial charge is 0.251 e. The van der Waals surface area contributed by atoms with Gasteiger partial charge in [-0.15, -0.1) is 0 Å². The van der Waals surface area contributed by atoms with E-state index in [2.05, 4.69) is 10.3 Å². The average Bonchev–Trinajstić information content (AvgIpc) is 2.68. The minimum Gasteiger partial charge on any atom is -0.349 e. The summed E-state index contributed by atoms with van der Waals surface area (Å²) >= 11 is 0. The fraction of sp³-hybridized carbons (Fsp3) is 0.250. The van der Waals surface area contributed by atoms with Gasteiger partial charge in [0.05, 0.1) is 0 Å². The van der Waals surface area contributed by atoms with Crippen molar-refractivity contribution in [3.8, 4) is 0 Å². The van der Waals surface area contributed by atoms with E-state index in [0.717, 1.165) is 18.4 Å². The van der Waals surface area contributed by atoms with Crippen molar-refractivity contribution >= 4 is 17.9 Å². The molecule has 1 N–H and O–H groups in total. The second kappa shape index (κ2) is 8.24. The molecule has 1 aromatic heterocycles. The zero-order valence-electron chi connectivity index (χ0n) is 14.0. The number of nitrogens with one attached hydrogen (secondary N) is 1. The van der Waals surface area contributed by atoms with Gasteiger partial charge in [-0.3, -0.25) is 14.6 Å². The van der Waals surface area contributed by atoms with Crippen LogP contribution < -0.4 is 5.32 Å². The Kier molecular flexibility index (Phi) is 5.57. The first-order chi connectivity index (χ1) is 12.2. The number of benzene rings is 1. The van der Waals surface area contributed by atoms with Crippen LogP contribution in [0.3, 0.4) is 0 Å². The maximum atomic E-state index is 12.3. The van der Waals surface area contributed by atoms with Crippen molar-refractivity contribution in [2.24, 2.45) is 0 Å². The van der Waals surface area contributed by atoms with Crippen LogP contribution in [-0.4, -0.2) is 40.8 Å². The van der Waals surface area contributed by atoms with Crippen LogP contribution in [0.1, 0.15) is 28.8 Å². The van der Waals surface area contributed by atoms with Crippen molar-refractivity contribution in [3.63, 3.8) is 0 Å². The van der Waals surface area contributed by atoms with E-state index in [-0.39, 0.29) is 17.9 Å². The minimum atomic E-state index is -0.0869. The van der Waals surface area contributed by atoms with Crippen LogP contribution in [0.4, 0.5) is 0 Å². The van der Waals surface area contributed by atoms with Crippen LogP contribution >= 0.6 is 0 Å². The van der Waals surface area contributed by atoms with Gasteiger partial charge in [0.2, 0.25) is 5.91 Å². The van der Waals surface area contributed by atoms with Crippen molar-refractivity contribution in [1.29, 1.82) is 0 Å². The molecule has 1 aromatic carbocycles. The molecule has 3 rings (SSSR count). The quantitative estimate of drug-likeness (QED) is 0.873. The molecule has 128 valence electrons. The second-order valence-corrected chi connectivity index (χ2v) is 6.05. The number of hydrogen-bond acceptors (Lipinski definition) is 3. The zero-order valence-corrected chi connectivity index (χ0v) is 14.0. The largest absolute Gasteiger partial charge is 0.349 e. The number of piperidine rings is 1. The molecule has 0 spiro atoms. The monoisotopic (exact) mass is 335 g/mol. The predicted molar refractivity (Wildman–Crippen MR) is 96.8 cm³/mol. The highest BCUT2D eigenvalue weighted by Gasteiger charge is 2.23. The van der Waals surface area contributed by atoms with Crippen molar-refractivity contribution in [2.75, 3.05) is 13.1 Å². The van der Waals surface area contributed by atoms with Gasteiger partial charge < -0.3 is 10.2 Å². The molecule has 1 fully saturated rings. The van der Waals surface area contributed by atoms with Gasteiger partial charge >= 0.3 is 0 Å². The van der Waals surface area contributed by atoms with E-state index in [9.17, 15) is 9.59 Å². The van der Waals surface area contributed by atoms with Crippen LogP contribution in [0.25, 0.3) is 6.08 Å². The summed E-state index contributed by atoms with van der Waals surface area (Å²) in [5, 5.41) is 3.03. The zero-order chi connectivity index (χ0) is 17.5. The van der Waals surface area contributed by atoms with Gasteiger partial charge in [0.1, 0.15) is 0 Å². The van der Waals surface area contributed by atoms with Crippen LogP contribution in [-0.2, 0) is 4.79 Å². The van der Waals surface area contributed by atoms with Crippen molar-refractivity contribution in [3.05, 3.63) is 72.1 Å². The first-order valence-corrected chi connectivity index (χ1v) is 8.45. The summed E-state index contributed by atoms with van der Waals surface area (Å²) in [5.41, 5.74) is 1.62. The summed E-state index contributed by atoms with van der Waals surface area (Å²) in [4.78, 5) is 30.2. The second-order valence-electron chi connectivity index (χ2n) is 6.05. The molecular formula is C20H21N3O2. The van der Waals surface area contributed by atoms with Gasteiger partial charge in [-0.1, -0.05) is 30.3 Å². The molecule has 1 aliphatic rings. The maximum Gasteiger partial charge on any atom is 0.251 e. The molecule has 2 amide bonds. The van der Waals surface area contributed by atoms with Crippen LogP contribution in [0.2, 0.25) is 0 Å². The third-order valence-corrected chi connectivity index (χ3v) is 4.30. The fourth-order valence-electron chi connectivity index (χ4n) is 2.85. The Morgan fingerprint density at radius 1 is 1.04 bits per heavy atom. The molecule has 5 heteroatoms. The SMILES string of the molecule is O=C(NC1CCN(C(=O)/C=C/c2ccccc2)CC1)c1ccncc1. The summed E-state index contributed by atoms with van der Waals surface area (Å²) in [6, 6.07) is 13.3. The third-order valence-electron chi connectivity index (χ3n) is 4.30. The molecule has 5 nitrogen and oxygen atoms in total. The number of amides is 2. The topological polar surface area (TPSA) is 62.3 Å². The molecule has 25 heavy (non-hydrogen) atoms. The summed E-state index contributed by atoms with van der Waals surface area (Å²) in [5.74, 6) is -0.0705. The van der Waals surface area contributed by atoms with Crippen LogP contribution in [0.5, 0.6) is 0 Å². The van der Waals surface area contributed by atoms with E-state index in [0.29, 0.717) is 18.7 Å². The van der Waals surface area contributed by atoms with E-state index in [4.69, 9.17) is 0 Å². The van der Waals surface area contributed by atoms with Gasteiger partial charge in [-0.05, 0) is 36.6 Å². The molecule has 0 aliphatic carbocycles. The Bertz CT molecular complexity index is 736. The van der Waals surface area contributed by atoms with E-state index >= 15 is 0 Å². The summed E-state index contributed by atoms with van der Waals surface area (Å²) in [7, 11) is 0. The summed E-state index contributed by atoms with van der Waals surface area (Å²) < 4.78 is 0. The number of carbonyl (C=O) groups is 2. The molecule has 1 saturated heterocycles. The van der Waals surface area contributed by atoms with Gasteiger partial charge in [0.15, 0.2) is 0 Å². The van der Waals surface area contributed by atoms with Crippen LogP contribution in [0, 0.1) is 0 Å². The molecule has 1 aliphatic heterocycles. The molecule has 0 saturated carbocycles. The summed E-state index contributed by atoms with van der Waals surface area (Å²) in [6.07, 6.45) is 8.19. The van der Waals surface area contributed by atoms with Gasteiger partial charge in [0, 0.05) is 43.2 Å². The molecular weight excluding hydrogens is 314 g/mol. The average molecular weight is 335 g/mol. The number of carbonyl (C=O) groups excluding carboxylic acids is 2.